The quantitative estimate of drug-likeness (QED) is 0.581. The standard InChI is InChI=1S/C19H26ClN5OS/c1-3-16-13-25(11-12-27-16)19(21-4-2)22-10-9-17-23-18(24-26-17)14-5-7-15(20)8-6-14/h5-8,16H,3-4,9-13H2,1-2H3,(H,21,22). The van der Waals surface area contributed by atoms with Crippen LogP contribution in [0.3, 0.4) is 0 Å². The van der Waals surface area contributed by atoms with E-state index in [-0.39, 0.29) is 0 Å². The maximum atomic E-state index is 5.92. The molecule has 0 aliphatic carbocycles. The van der Waals surface area contributed by atoms with Crippen LogP contribution in [-0.4, -0.2) is 58.2 Å². The molecule has 0 spiro atoms. The number of hydrogen-bond acceptors (Lipinski definition) is 5. The van der Waals surface area contributed by atoms with Gasteiger partial charge in [0, 0.05) is 47.6 Å². The lowest BCUT2D eigenvalue weighted by molar-refractivity contribution is 0.379. The van der Waals surface area contributed by atoms with Crippen LogP contribution in [0.5, 0.6) is 0 Å². The zero-order valence-electron chi connectivity index (χ0n) is 15.8. The van der Waals surface area contributed by atoms with E-state index in [2.05, 4.69) is 46.0 Å². The zero-order chi connectivity index (χ0) is 19.1. The Hall–Kier alpha value is -1.73. The van der Waals surface area contributed by atoms with Crippen molar-refractivity contribution in [2.45, 2.75) is 31.9 Å². The Kier molecular flexibility index (Phi) is 7.41. The number of benzene rings is 1. The van der Waals surface area contributed by atoms with E-state index >= 15 is 0 Å². The molecule has 146 valence electrons. The van der Waals surface area contributed by atoms with Crippen molar-refractivity contribution >= 4 is 29.3 Å². The Bertz CT molecular complexity index is 749. The highest BCUT2D eigenvalue weighted by Gasteiger charge is 2.21. The highest BCUT2D eigenvalue weighted by atomic mass is 35.5. The molecule has 1 aliphatic rings. The molecule has 1 aliphatic heterocycles. The van der Waals surface area contributed by atoms with Gasteiger partial charge >= 0.3 is 0 Å². The molecule has 1 aromatic carbocycles. The van der Waals surface area contributed by atoms with Crippen LogP contribution in [0.25, 0.3) is 11.4 Å². The van der Waals surface area contributed by atoms with Crippen molar-refractivity contribution in [3.8, 4) is 11.4 Å². The molecule has 1 N–H and O–H groups in total. The number of aliphatic imine (C=N–C) groups is 1. The second-order valence-corrected chi connectivity index (χ2v) is 8.20. The Morgan fingerprint density at radius 1 is 1.37 bits per heavy atom. The lowest BCUT2D eigenvalue weighted by Crippen LogP contribution is -2.48. The largest absolute Gasteiger partial charge is 0.357 e. The van der Waals surface area contributed by atoms with E-state index in [0.29, 0.717) is 35.0 Å². The molecule has 1 unspecified atom stereocenters. The van der Waals surface area contributed by atoms with Gasteiger partial charge in [0.05, 0.1) is 6.54 Å². The molecule has 0 radical (unpaired) electrons. The third-order valence-electron chi connectivity index (χ3n) is 4.39. The van der Waals surface area contributed by atoms with Crippen LogP contribution in [0, 0.1) is 0 Å². The third-order valence-corrected chi connectivity index (χ3v) is 6.01. The lowest BCUT2D eigenvalue weighted by Gasteiger charge is -2.34. The van der Waals surface area contributed by atoms with Crippen molar-refractivity contribution in [3.05, 3.63) is 35.2 Å². The van der Waals surface area contributed by atoms with Gasteiger partial charge in [-0.25, -0.2) is 0 Å². The average molecular weight is 408 g/mol. The number of rotatable bonds is 6. The monoisotopic (exact) mass is 407 g/mol. The number of nitrogens with one attached hydrogen (secondary N) is 1. The second-order valence-electron chi connectivity index (χ2n) is 6.35. The highest BCUT2D eigenvalue weighted by molar-refractivity contribution is 8.00. The van der Waals surface area contributed by atoms with Crippen molar-refractivity contribution in [1.29, 1.82) is 0 Å². The summed E-state index contributed by atoms with van der Waals surface area (Å²) in [6.45, 7) is 7.91. The first-order chi connectivity index (χ1) is 13.2. The normalized spacial score (nSPS) is 18.0. The molecule has 1 fully saturated rings. The Morgan fingerprint density at radius 2 is 2.19 bits per heavy atom. The van der Waals surface area contributed by atoms with Crippen molar-refractivity contribution in [2.24, 2.45) is 4.99 Å². The molecule has 8 heteroatoms. The van der Waals surface area contributed by atoms with Gasteiger partial charge in [0.25, 0.3) is 0 Å². The number of halogens is 1. The van der Waals surface area contributed by atoms with Crippen molar-refractivity contribution in [3.63, 3.8) is 0 Å². The van der Waals surface area contributed by atoms with Gasteiger partial charge in [-0.2, -0.15) is 16.7 Å². The summed E-state index contributed by atoms with van der Waals surface area (Å²) >= 11 is 7.98. The topological polar surface area (TPSA) is 66.5 Å². The summed E-state index contributed by atoms with van der Waals surface area (Å²) in [5.74, 6) is 3.31. The third kappa shape index (κ3) is 5.62. The van der Waals surface area contributed by atoms with Gasteiger partial charge in [-0.05, 0) is 37.6 Å². The molecule has 0 amide bonds. The first kappa shape index (κ1) is 20.0. The lowest BCUT2D eigenvalue weighted by atomic mass is 10.2. The van der Waals surface area contributed by atoms with Gasteiger partial charge in [-0.3, -0.25) is 4.99 Å². The molecule has 2 heterocycles. The van der Waals surface area contributed by atoms with Gasteiger partial charge in [0.1, 0.15) is 0 Å². The van der Waals surface area contributed by atoms with Crippen LogP contribution in [0.15, 0.2) is 33.8 Å². The van der Waals surface area contributed by atoms with E-state index < -0.39 is 0 Å². The average Bonchev–Trinajstić information content (AvgIpc) is 3.17. The fourth-order valence-electron chi connectivity index (χ4n) is 2.91. The van der Waals surface area contributed by atoms with Gasteiger partial charge < -0.3 is 14.7 Å². The van der Waals surface area contributed by atoms with Crippen molar-refractivity contribution < 1.29 is 4.52 Å². The molecule has 27 heavy (non-hydrogen) atoms. The van der Waals surface area contributed by atoms with Gasteiger partial charge in [0.15, 0.2) is 5.96 Å². The summed E-state index contributed by atoms with van der Waals surface area (Å²) in [6, 6.07) is 7.41. The molecule has 1 atom stereocenters. The minimum atomic E-state index is 0.580. The molecular formula is C19H26ClN5OS. The highest BCUT2D eigenvalue weighted by Crippen LogP contribution is 2.21. The summed E-state index contributed by atoms with van der Waals surface area (Å²) < 4.78 is 5.37. The molecule has 3 rings (SSSR count). The summed E-state index contributed by atoms with van der Waals surface area (Å²) in [5, 5.41) is 8.83. The van der Waals surface area contributed by atoms with Crippen LogP contribution in [0.4, 0.5) is 0 Å². The Morgan fingerprint density at radius 3 is 2.93 bits per heavy atom. The molecule has 2 aromatic rings. The van der Waals surface area contributed by atoms with Crippen LogP contribution < -0.4 is 5.32 Å². The second kappa shape index (κ2) is 9.99. The van der Waals surface area contributed by atoms with E-state index in [9.17, 15) is 0 Å². The SMILES string of the molecule is CCNC(=NCCc1nc(-c2ccc(Cl)cc2)no1)N1CCSC(CC)C1. The van der Waals surface area contributed by atoms with Crippen molar-refractivity contribution in [1.82, 2.24) is 20.4 Å². The minimum absolute atomic E-state index is 0.580. The number of hydrogen-bond donors (Lipinski definition) is 1. The maximum absolute atomic E-state index is 5.92. The predicted octanol–water partition coefficient (Wildman–Crippen LogP) is 3.73. The summed E-state index contributed by atoms with van der Waals surface area (Å²) in [6.07, 6.45) is 1.81. The van der Waals surface area contributed by atoms with E-state index in [1.807, 2.05) is 24.3 Å². The number of thioether (sulfide) groups is 1. The van der Waals surface area contributed by atoms with E-state index in [1.165, 1.54) is 6.42 Å². The van der Waals surface area contributed by atoms with Crippen LogP contribution in [0.2, 0.25) is 5.02 Å². The first-order valence-corrected chi connectivity index (χ1v) is 10.9. The van der Waals surface area contributed by atoms with Gasteiger partial charge in [-0.15, -0.1) is 0 Å². The predicted molar refractivity (Wildman–Crippen MR) is 113 cm³/mol. The van der Waals surface area contributed by atoms with Crippen LogP contribution in [0.1, 0.15) is 26.2 Å². The summed E-state index contributed by atoms with van der Waals surface area (Å²) in [7, 11) is 0. The maximum Gasteiger partial charge on any atom is 0.228 e. The molecular weight excluding hydrogens is 382 g/mol. The van der Waals surface area contributed by atoms with E-state index in [1.54, 1.807) is 0 Å². The number of aromatic nitrogens is 2. The number of nitrogens with zero attached hydrogens (tertiary/aromatic N) is 4. The van der Waals surface area contributed by atoms with Crippen molar-refractivity contribution in [2.75, 3.05) is 31.9 Å². The summed E-state index contributed by atoms with van der Waals surface area (Å²) in [4.78, 5) is 11.6. The van der Waals surface area contributed by atoms with E-state index in [4.69, 9.17) is 21.1 Å². The smallest absolute Gasteiger partial charge is 0.228 e. The van der Waals surface area contributed by atoms with Gasteiger partial charge in [-0.1, -0.05) is 23.7 Å². The van der Waals surface area contributed by atoms with Crippen LogP contribution in [-0.2, 0) is 6.42 Å². The Balaban J connectivity index is 1.60. The van der Waals surface area contributed by atoms with Crippen LogP contribution >= 0.6 is 23.4 Å². The molecule has 1 aromatic heterocycles. The fourth-order valence-corrected chi connectivity index (χ4v) is 4.22. The van der Waals surface area contributed by atoms with E-state index in [0.717, 1.165) is 36.9 Å². The Labute approximate surface area is 169 Å². The summed E-state index contributed by atoms with van der Waals surface area (Å²) in [5.41, 5.74) is 0.891. The molecule has 0 bridgehead atoms. The van der Waals surface area contributed by atoms with Gasteiger partial charge in [0.2, 0.25) is 11.7 Å². The zero-order valence-corrected chi connectivity index (χ0v) is 17.4. The minimum Gasteiger partial charge on any atom is -0.357 e. The molecule has 1 saturated heterocycles. The molecule has 0 saturated carbocycles. The first-order valence-electron chi connectivity index (χ1n) is 9.43. The fraction of sp³-hybridized carbons (Fsp3) is 0.526. The number of guanidine groups is 1. The molecule has 6 nitrogen and oxygen atoms in total.